The molecule has 0 saturated heterocycles. The fourth-order valence-electron chi connectivity index (χ4n) is 1.99. The number of carbonyl (C=O) groups excluding carboxylic acids is 2. The molecule has 0 bridgehead atoms. The van der Waals surface area contributed by atoms with Crippen LogP contribution in [0.15, 0.2) is 47.6 Å². The number of hydrogen-bond donors (Lipinski definition) is 3. The largest absolute Gasteiger partial charge is 0.504 e. The monoisotopic (exact) mass is 375 g/mol. The third-order valence-electron chi connectivity index (χ3n) is 3.31. The van der Waals surface area contributed by atoms with Crippen molar-refractivity contribution in [3.63, 3.8) is 0 Å². The van der Waals surface area contributed by atoms with Crippen LogP contribution in [0.2, 0.25) is 5.02 Å². The van der Waals surface area contributed by atoms with Gasteiger partial charge in [0, 0.05) is 23.6 Å². The lowest BCUT2D eigenvalue weighted by Gasteiger charge is -2.05. The minimum Gasteiger partial charge on any atom is -0.504 e. The molecule has 7 nitrogen and oxygen atoms in total. The Balaban J connectivity index is 1.76. The average Bonchev–Trinajstić information content (AvgIpc) is 2.63. The summed E-state index contributed by atoms with van der Waals surface area (Å²) >= 11 is 5.77. The number of hydrogen-bond acceptors (Lipinski definition) is 5. The Morgan fingerprint density at radius 2 is 1.85 bits per heavy atom. The molecule has 0 aromatic heterocycles. The Morgan fingerprint density at radius 3 is 2.54 bits per heavy atom. The first-order chi connectivity index (χ1) is 12.5. The van der Waals surface area contributed by atoms with E-state index in [1.165, 1.54) is 19.4 Å². The number of nitrogens with zero attached hydrogens (tertiary/aromatic N) is 1. The second kappa shape index (κ2) is 9.43. The predicted molar refractivity (Wildman–Crippen MR) is 99.7 cm³/mol. The molecular formula is C18H18ClN3O4. The first-order valence-corrected chi connectivity index (χ1v) is 8.10. The maximum Gasteiger partial charge on any atom is 0.240 e. The number of anilines is 1. The van der Waals surface area contributed by atoms with Crippen molar-refractivity contribution in [2.75, 3.05) is 12.4 Å². The van der Waals surface area contributed by atoms with E-state index in [4.69, 9.17) is 16.3 Å². The zero-order valence-electron chi connectivity index (χ0n) is 14.0. The van der Waals surface area contributed by atoms with Crippen molar-refractivity contribution < 1.29 is 19.4 Å². The van der Waals surface area contributed by atoms with Gasteiger partial charge in [0.25, 0.3) is 0 Å². The highest BCUT2D eigenvalue weighted by molar-refractivity contribution is 6.30. The van der Waals surface area contributed by atoms with E-state index in [1.54, 1.807) is 36.4 Å². The van der Waals surface area contributed by atoms with Crippen LogP contribution in [0.1, 0.15) is 18.4 Å². The van der Waals surface area contributed by atoms with E-state index in [-0.39, 0.29) is 24.5 Å². The summed E-state index contributed by atoms with van der Waals surface area (Å²) < 4.78 is 4.98. The summed E-state index contributed by atoms with van der Waals surface area (Å²) in [5.74, 6) is -0.354. The number of methoxy groups -OCH3 is 1. The summed E-state index contributed by atoms with van der Waals surface area (Å²) in [6.45, 7) is 0. The van der Waals surface area contributed by atoms with Gasteiger partial charge >= 0.3 is 0 Å². The van der Waals surface area contributed by atoms with Crippen LogP contribution in [0, 0.1) is 0 Å². The van der Waals surface area contributed by atoms with E-state index >= 15 is 0 Å². The van der Waals surface area contributed by atoms with Gasteiger partial charge in [-0.25, -0.2) is 5.43 Å². The van der Waals surface area contributed by atoms with Gasteiger partial charge in [0.2, 0.25) is 11.8 Å². The molecule has 0 fully saturated rings. The molecule has 0 aliphatic rings. The minimum atomic E-state index is -0.391. The van der Waals surface area contributed by atoms with Gasteiger partial charge in [-0.1, -0.05) is 11.6 Å². The van der Waals surface area contributed by atoms with Crippen molar-refractivity contribution in [3.05, 3.63) is 53.1 Å². The number of hydrazone groups is 1. The molecule has 0 saturated carbocycles. The zero-order chi connectivity index (χ0) is 18.9. The van der Waals surface area contributed by atoms with E-state index in [0.717, 1.165) is 0 Å². The second-order valence-electron chi connectivity index (χ2n) is 5.28. The molecule has 26 heavy (non-hydrogen) atoms. The lowest BCUT2D eigenvalue weighted by Crippen LogP contribution is -2.20. The molecule has 8 heteroatoms. The van der Waals surface area contributed by atoms with Gasteiger partial charge < -0.3 is 15.2 Å². The second-order valence-corrected chi connectivity index (χ2v) is 5.72. The van der Waals surface area contributed by atoms with Gasteiger partial charge in [0.05, 0.1) is 13.3 Å². The van der Waals surface area contributed by atoms with E-state index in [1.807, 2.05) is 0 Å². The molecule has 2 aromatic carbocycles. The lowest BCUT2D eigenvalue weighted by molar-refractivity contribution is -0.124. The molecule has 3 N–H and O–H groups in total. The van der Waals surface area contributed by atoms with E-state index in [0.29, 0.717) is 22.0 Å². The van der Waals surface area contributed by atoms with Crippen molar-refractivity contribution in [3.8, 4) is 11.5 Å². The summed E-state index contributed by atoms with van der Waals surface area (Å²) in [5.41, 5.74) is 3.59. The number of nitrogens with one attached hydrogen (secondary N) is 2. The van der Waals surface area contributed by atoms with Gasteiger partial charge in [-0.15, -0.1) is 0 Å². The van der Waals surface area contributed by atoms with Crippen LogP contribution in [0.5, 0.6) is 11.5 Å². The molecule has 2 amide bonds. The Labute approximate surface area is 155 Å². The zero-order valence-corrected chi connectivity index (χ0v) is 14.8. The van der Waals surface area contributed by atoms with Crippen LogP contribution in [0.25, 0.3) is 0 Å². The van der Waals surface area contributed by atoms with Crippen LogP contribution in [0.3, 0.4) is 0 Å². The maximum atomic E-state index is 11.8. The molecule has 0 heterocycles. The van der Waals surface area contributed by atoms with Crippen LogP contribution in [-0.2, 0) is 9.59 Å². The highest BCUT2D eigenvalue weighted by Gasteiger charge is 2.07. The van der Waals surface area contributed by atoms with Crippen LogP contribution < -0.4 is 15.5 Å². The third-order valence-corrected chi connectivity index (χ3v) is 3.57. The number of benzene rings is 2. The molecule has 2 aromatic rings. The van der Waals surface area contributed by atoms with Crippen molar-refractivity contribution in [1.82, 2.24) is 5.43 Å². The molecule has 136 valence electrons. The molecule has 0 aliphatic heterocycles. The number of rotatable bonds is 7. The standard InChI is InChI=1S/C18H18ClN3O4/c1-26-16-10-12(2-7-15(16)23)11-20-22-18(25)9-8-17(24)21-14-5-3-13(19)4-6-14/h2-7,10-11,23H,8-9H2,1H3,(H,21,24)(H,22,25)/b20-11-. The summed E-state index contributed by atoms with van der Waals surface area (Å²) in [6, 6.07) is 11.3. The van der Waals surface area contributed by atoms with E-state index in [2.05, 4.69) is 15.8 Å². The fourth-order valence-corrected chi connectivity index (χ4v) is 2.12. The van der Waals surface area contributed by atoms with Gasteiger partial charge in [-0.3, -0.25) is 9.59 Å². The third kappa shape index (κ3) is 6.10. The molecule has 0 radical (unpaired) electrons. The van der Waals surface area contributed by atoms with Gasteiger partial charge in [-0.05, 0) is 48.0 Å². The van der Waals surface area contributed by atoms with Crippen molar-refractivity contribution in [1.29, 1.82) is 0 Å². The Morgan fingerprint density at radius 1 is 1.15 bits per heavy atom. The van der Waals surface area contributed by atoms with Crippen molar-refractivity contribution >= 4 is 35.3 Å². The van der Waals surface area contributed by atoms with Crippen LogP contribution in [0.4, 0.5) is 5.69 Å². The van der Waals surface area contributed by atoms with Crippen molar-refractivity contribution in [2.24, 2.45) is 5.10 Å². The van der Waals surface area contributed by atoms with E-state index in [9.17, 15) is 14.7 Å². The number of phenols is 1. The van der Waals surface area contributed by atoms with E-state index < -0.39 is 5.91 Å². The number of phenolic OH excluding ortho intramolecular Hbond substituents is 1. The molecular weight excluding hydrogens is 358 g/mol. The number of aromatic hydroxyl groups is 1. The Kier molecular flexibility index (Phi) is 6.99. The first-order valence-electron chi connectivity index (χ1n) is 7.72. The number of carbonyl (C=O) groups is 2. The summed E-state index contributed by atoms with van der Waals surface area (Å²) in [6.07, 6.45) is 1.43. The lowest BCUT2D eigenvalue weighted by atomic mass is 10.2. The summed E-state index contributed by atoms with van der Waals surface area (Å²) in [4.78, 5) is 23.5. The number of ether oxygens (including phenoxy) is 1. The van der Waals surface area contributed by atoms with Crippen LogP contribution in [-0.4, -0.2) is 30.2 Å². The number of amides is 2. The smallest absolute Gasteiger partial charge is 0.240 e. The van der Waals surface area contributed by atoms with Gasteiger partial charge in [0.1, 0.15) is 0 Å². The van der Waals surface area contributed by atoms with Gasteiger partial charge in [-0.2, -0.15) is 5.10 Å². The molecule has 0 spiro atoms. The maximum absolute atomic E-state index is 11.8. The van der Waals surface area contributed by atoms with Crippen molar-refractivity contribution in [2.45, 2.75) is 12.8 Å². The molecule has 0 aliphatic carbocycles. The summed E-state index contributed by atoms with van der Waals surface area (Å²) in [5, 5.41) is 16.6. The minimum absolute atomic E-state index is 0.00430. The molecule has 0 unspecified atom stereocenters. The number of halogens is 1. The Bertz CT molecular complexity index is 807. The quantitative estimate of drug-likeness (QED) is 0.511. The predicted octanol–water partition coefficient (Wildman–Crippen LogP) is 2.92. The highest BCUT2D eigenvalue weighted by Crippen LogP contribution is 2.25. The Hall–Kier alpha value is -3.06. The first kappa shape index (κ1) is 19.3. The van der Waals surface area contributed by atoms with Gasteiger partial charge in [0.15, 0.2) is 11.5 Å². The SMILES string of the molecule is COc1cc(/C=N\NC(=O)CCC(=O)Nc2ccc(Cl)cc2)ccc1O. The summed E-state index contributed by atoms with van der Waals surface area (Å²) in [7, 11) is 1.44. The molecule has 2 rings (SSSR count). The molecule has 0 atom stereocenters. The topological polar surface area (TPSA) is 100 Å². The normalized spacial score (nSPS) is 10.5. The average molecular weight is 376 g/mol. The van der Waals surface area contributed by atoms with Crippen LogP contribution >= 0.6 is 11.6 Å². The highest BCUT2D eigenvalue weighted by atomic mass is 35.5. The fraction of sp³-hybridized carbons (Fsp3) is 0.167.